The summed E-state index contributed by atoms with van der Waals surface area (Å²) in [6.07, 6.45) is 18.1. The molecule has 0 saturated heterocycles. The molecule has 0 bridgehead atoms. The van der Waals surface area contributed by atoms with E-state index in [4.69, 9.17) is 4.74 Å². The fourth-order valence-corrected chi connectivity index (χ4v) is 4.46. The highest BCUT2D eigenvalue weighted by atomic mass is 16.5. The molecule has 0 amide bonds. The van der Waals surface area contributed by atoms with Crippen LogP contribution >= 0.6 is 0 Å². The maximum atomic E-state index is 5.78. The lowest BCUT2D eigenvalue weighted by Gasteiger charge is -2.37. The molecule has 2 rings (SSSR count). The van der Waals surface area contributed by atoms with Gasteiger partial charge in [0.05, 0.1) is 6.10 Å². The summed E-state index contributed by atoms with van der Waals surface area (Å²) >= 11 is 0. The zero-order valence-electron chi connectivity index (χ0n) is 13.5. The smallest absolute Gasteiger partial charge is 0.0575 e. The Morgan fingerprint density at radius 3 is 2.10 bits per heavy atom. The van der Waals surface area contributed by atoms with Gasteiger partial charge in [-0.3, -0.25) is 0 Å². The van der Waals surface area contributed by atoms with Crippen LogP contribution in [0.1, 0.15) is 77.6 Å². The van der Waals surface area contributed by atoms with Crippen molar-refractivity contribution in [3.63, 3.8) is 0 Å². The van der Waals surface area contributed by atoms with Gasteiger partial charge in [-0.05, 0) is 76.0 Å². The molecule has 0 aromatic carbocycles. The topological polar surface area (TPSA) is 9.23 Å². The first kappa shape index (κ1) is 16.1. The summed E-state index contributed by atoms with van der Waals surface area (Å²) in [5.74, 6) is 3.07. The quantitative estimate of drug-likeness (QED) is 0.426. The van der Waals surface area contributed by atoms with E-state index in [0.29, 0.717) is 6.10 Å². The van der Waals surface area contributed by atoms with Gasteiger partial charge < -0.3 is 4.74 Å². The molecule has 0 aliphatic heterocycles. The van der Waals surface area contributed by atoms with Crippen LogP contribution < -0.4 is 0 Å². The molecule has 0 unspecified atom stereocenters. The molecule has 20 heavy (non-hydrogen) atoms. The van der Waals surface area contributed by atoms with E-state index in [1.807, 2.05) is 0 Å². The number of ether oxygens (including phenoxy) is 1. The Kier molecular flexibility index (Phi) is 7.13. The second-order valence-electron chi connectivity index (χ2n) is 6.99. The molecular weight excluding hydrogens is 244 g/mol. The predicted molar refractivity (Wildman–Crippen MR) is 86.9 cm³/mol. The molecule has 1 heteroatoms. The van der Waals surface area contributed by atoms with Crippen molar-refractivity contribution in [1.29, 1.82) is 0 Å². The van der Waals surface area contributed by atoms with Crippen LogP contribution in [-0.4, -0.2) is 12.7 Å². The summed E-state index contributed by atoms with van der Waals surface area (Å²) < 4.78 is 5.78. The van der Waals surface area contributed by atoms with E-state index in [2.05, 4.69) is 19.6 Å². The van der Waals surface area contributed by atoms with Crippen molar-refractivity contribution in [2.24, 2.45) is 17.8 Å². The van der Waals surface area contributed by atoms with Crippen molar-refractivity contribution in [2.45, 2.75) is 83.7 Å². The lowest BCUT2D eigenvalue weighted by molar-refractivity contribution is 0.0134. The van der Waals surface area contributed by atoms with Crippen LogP contribution in [0.4, 0.5) is 0 Å². The van der Waals surface area contributed by atoms with Crippen LogP contribution in [0.25, 0.3) is 0 Å². The largest absolute Gasteiger partial charge is 0.379 e. The van der Waals surface area contributed by atoms with E-state index in [9.17, 15) is 0 Å². The summed E-state index contributed by atoms with van der Waals surface area (Å²) in [7, 11) is 0. The minimum atomic E-state index is 0.575. The summed E-state index contributed by atoms with van der Waals surface area (Å²) in [5, 5.41) is 0. The molecule has 0 aromatic rings. The highest BCUT2D eigenvalue weighted by Gasteiger charge is 2.30. The van der Waals surface area contributed by atoms with E-state index < -0.39 is 0 Å². The summed E-state index contributed by atoms with van der Waals surface area (Å²) in [4.78, 5) is 0. The van der Waals surface area contributed by atoms with E-state index in [-0.39, 0.29) is 0 Å². The average molecular weight is 278 g/mol. The van der Waals surface area contributed by atoms with Gasteiger partial charge in [0, 0.05) is 6.61 Å². The maximum Gasteiger partial charge on any atom is 0.0575 e. The van der Waals surface area contributed by atoms with Gasteiger partial charge in [-0.15, -0.1) is 6.58 Å². The van der Waals surface area contributed by atoms with Crippen molar-refractivity contribution in [3.05, 3.63) is 12.7 Å². The third-order valence-corrected chi connectivity index (χ3v) is 5.70. The third kappa shape index (κ3) is 4.91. The Hall–Kier alpha value is -0.300. The molecule has 0 heterocycles. The highest BCUT2D eigenvalue weighted by Crippen LogP contribution is 2.41. The first-order valence-electron chi connectivity index (χ1n) is 9.06. The number of allylic oxidation sites excluding steroid dienone is 1. The third-order valence-electron chi connectivity index (χ3n) is 5.70. The van der Waals surface area contributed by atoms with Crippen LogP contribution in [0.15, 0.2) is 12.7 Å². The summed E-state index contributed by atoms with van der Waals surface area (Å²) in [6, 6.07) is 0. The van der Waals surface area contributed by atoms with E-state index >= 15 is 0 Å². The molecule has 2 fully saturated rings. The monoisotopic (exact) mass is 278 g/mol. The van der Waals surface area contributed by atoms with Gasteiger partial charge in [0.2, 0.25) is 0 Å². The van der Waals surface area contributed by atoms with Gasteiger partial charge in [-0.1, -0.05) is 25.3 Å². The fraction of sp³-hybridized carbons (Fsp3) is 0.895. The summed E-state index contributed by atoms with van der Waals surface area (Å²) in [6.45, 7) is 6.84. The van der Waals surface area contributed by atoms with Crippen molar-refractivity contribution >= 4 is 0 Å². The zero-order valence-corrected chi connectivity index (χ0v) is 13.5. The van der Waals surface area contributed by atoms with Crippen LogP contribution in [0.5, 0.6) is 0 Å². The second-order valence-corrected chi connectivity index (χ2v) is 6.99. The fourth-order valence-electron chi connectivity index (χ4n) is 4.46. The minimum Gasteiger partial charge on any atom is -0.379 e. The first-order chi connectivity index (χ1) is 9.83. The number of hydrogen-bond donors (Lipinski definition) is 0. The molecule has 0 aromatic heterocycles. The van der Waals surface area contributed by atoms with Gasteiger partial charge in [0.15, 0.2) is 0 Å². The molecule has 0 N–H and O–H groups in total. The lowest BCUT2D eigenvalue weighted by atomic mass is 9.70. The Morgan fingerprint density at radius 1 is 0.950 bits per heavy atom. The molecule has 0 atom stereocenters. The Morgan fingerprint density at radius 2 is 1.55 bits per heavy atom. The van der Waals surface area contributed by atoms with Gasteiger partial charge in [0.25, 0.3) is 0 Å². The van der Waals surface area contributed by atoms with Gasteiger partial charge in [-0.25, -0.2) is 0 Å². The van der Waals surface area contributed by atoms with Crippen molar-refractivity contribution < 1.29 is 4.74 Å². The molecule has 0 radical (unpaired) electrons. The molecule has 116 valence electrons. The lowest BCUT2D eigenvalue weighted by Crippen LogP contribution is -2.28. The molecule has 2 aliphatic rings. The molecule has 2 aliphatic carbocycles. The van der Waals surface area contributed by atoms with Gasteiger partial charge >= 0.3 is 0 Å². The van der Waals surface area contributed by atoms with Crippen LogP contribution in [-0.2, 0) is 4.74 Å². The van der Waals surface area contributed by atoms with E-state index in [1.54, 1.807) is 0 Å². The normalized spacial score (nSPS) is 34.9. The van der Waals surface area contributed by atoms with Crippen LogP contribution in [0.3, 0.4) is 0 Å². The van der Waals surface area contributed by atoms with E-state index in [1.165, 1.54) is 70.6 Å². The predicted octanol–water partition coefficient (Wildman–Crippen LogP) is 5.74. The average Bonchev–Trinajstić information content (AvgIpc) is 2.49. The van der Waals surface area contributed by atoms with Crippen molar-refractivity contribution in [1.82, 2.24) is 0 Å². The molecule has 1 nitrogen and oxygen atoms in total. The molecule has 0 spiro atoms. The SMILES string of the molecule is C=CCCCC1CCC(C2CCC(OCC)CC2)CC1. The highest BCUT2D eigenvalue weighted by molar-refractivity contribution is 4.82. The first-order valence-corrected chi connectivity index (χ1v) is 9.06. The maximum absolute atomic E-state index is 5.78. The Labute approximate surface area is 126 Å². The van der Waals surface area contributed by atoms with Gasteiger partial charge in [-0.2, -0.15) is 0 Å². The Balaban J connectivity index is 1.63. The minimum absolute atomic E-state index is 0.575. The molecule has 2 saturated carbocycles. The van der Waals surface area contributed by atoms with Crippen LogP contribution in [0, 0.1) is 17.8 Å². The zero-order chi connectivity index (χ0) is 14.2. The standard InChI is InChI=1S/C19H34O/c1-3-5-6-7-16-8-10-17(11-9-16)18-12-14-19(15-13-18)20-4-2/h3,16-19H,1,4-15H2,2H3. The Bertz CT molecular complexity index is 257. The number of unbranched alkanes of at least 4 members (excludes halogenated alkanes) is 1. The van der Waals surface area contributed by atoms with Crippen molar-refractivity contribution in [2.75, 3.05) is 6.61 Å². The van der Waals surface area contributed by atoms with Crippen LogP contribution in [0.2, 0.25) is 0 Å². The van der Waals surface area contributed by atoms with Crippen molar-refractivity contribution in [3.8, 4) is 0 Å². The van der Waals surface area contributed by atoms with E-state index in [0.717, 1.165) is 24.4 Å². The number of hydrogen-bond acceptors (Lipinski definition) is 1. The summed E-state index contributed by atoms with van der Waals surface area (Å²) in [5.41, 5.74) is 0. The number of rotatable bonds is 7. The second kappa shape index (κ2) is 8.87. The molecular formula is C19H34O. The van der Waals surface area contributed by atoms with Gasteiger partial charge in [0.1, 0.15) is 0 Å².